The molecule has 9 nitrogen and oxygen atoms in total. The fourth-order valence-corrected chi connectivity index (χ4v) is 5.09. The highest BCUT2D eigenvalue weighted by Crippen LogP contribution is 2.33. The third-order valence-electron chi connectivity index (χ3n) is 7.20. The number of esters is 1. The highest BCUT2D eigenvalue weighted by Gasteiger charge is 2.34. The van der Waals surface area contributed by atoms with Crippen LogP contribution in [0.25, 0.3) is 22.6 Å². The summed E-state index contributed by atoms with van der Waals surface area (Å²) in [4.78, 5) is 32.7. The first-order chi connectivity index (χ1) is 18.4. The number of aromatic nitrogens is 5. The maximum absolute atomic E-state index is 13.7. The second-order valence-corrected chi connectivity index (χ2v) is 10.3. The van der Waals surface area contributed by atoms with Crippen molar-refractivity contribution in [2.45, 2.75) is 59.4 Å². The summed E-state index contributed by atoms with van der Waals surface area (Å²) in [6.07, 6.45) is 9.05. The minimum atomic E-state index is -0.488. The normalized spacial score (nSPS) is 17.6. The molecule has 1 amide bonds. The average molecular weight is 515 g/mol. The molecule has 0 aliphatic heterocycles. The van der Waals surface area contributed by atoms with Gasteiger partial charge in [0.2, 0.25) is 5.91 Å². The molecule has 1 fully saturated rings. The summed E-state index contributed by atoms with van der Waals surface area (Å²) in [6, 6.07) is 11.4. The Bertz CT molecular complexity index is 1400. The van der Waals surface area contributed by atoms with E-state index in [1.165, 1.54) is 0 Å². The van der Waals surface area contributed by atoms with Crippen LogP contribution in [0.2, 0.25) is 0 Å². The molecule has 0 unspecified atom stereocenters. The van der Waals surface area contributed by atoms with Crippen LogP contribution in [0.1, 0.15) is 63.7 Å². The van der Waals surface area contributed by atoms with E-state index in [2.05, 4.69) is 17.0 Å². The van der Waals surface area contributed by atoms with E-state index >= 15 is 0 Å². The van der Waals surface area contributed by atoms with Crippen LogP contribution < -0.4 is 4.90 Å². The minimum Gasteiger partial charge on any atom is -0.462 e. The summed E-state index contributed by atoms with van der Waals surface area (Å²) in [7, 11) is 0. The van der Waals surface area contributed by atoms with E-state index in [-0.39, 0.29) is 30.0 Å². The molecule has 198 valence electrons. The first-order valence-electron chi connectivity index (χ1n) is 13.4. The lowest BCUT2D eigenvalue weighted by molar-refractivity contribution is -0.124. The van der Waals surface area contributed by atoms with Crippen molar-refractivity contribution in [2.75, 3.05) is 11.5 Å². The molecule has 0 radical (unpaired) electrons. The van der Waals surface area contributed by atoms with E-state index in [1.54, 1.807) is 33.4 Å². The molecule has 1 saturated carbocycles. The molecule has 0 bridgehead atoms. The zero-order chi connectivity index (χ0) is 26.8. The van der Waals surface area contributed by atoms with Crippen LogP contribution in [-0.2, 0) is 9.53 Å². The number of fused-ring (bicyclic) bond motifs is 1. The van der Waals surface area contributed by atoms with Gasteiger partial charge < -0.3 is 4.74 Å². The van der Waals surface area contributed by atoms with Crippen LogP contribution in [-0.4, -0.2) is 48.9 Å². The minimum absolute atomic E-state index is 0.0264. The van der Waals surface area contributed by atoms with Gasteiger partial charge in [0.05, 0.1) is 18.0 Å². The fourth-order valence-electron chi connectivity index (χ4n) is 5.09. The Morgan fingerprint density at radius 2 is 1.84 bits per heavy atom. The second-order valence-electron chi connectivity index (χ2n) is 10.3. The predicted octanol–water partition coefficient (Wildman–Crippen LogP) is 5.33. The Labute approximate surface area is 222 Å². The van der Waals surface area contributed by atoms with Gasteiger partial charge in [-0.2, -0.15) is 5.10 Å². The summed E-state index contributed by atoms with van der Waals surface area (Å²) in [5, 5.41) is 9.35. The maximum Gasteiger partial charge on any atom is 0.343 e. The molecule has 3 aromatic heterocycles. The molecular weight excluding hydrogens is 480 g/mol. The molecule has 1 aliphatic rings. The number of carbonyl (C=O) groups excluding carboxylic acids is 2. The monoisotopic (exact) mass is 514 g/mol. The molecule has 9 heteroatoms. The predicted molar refractivity (Wildman–Crippen MR) is 145 cm³/mol. The third-order valence-corrected chi connectivity index (χ3v) is 7.20. The molecule has 0 spiro atoms. The van der Waals surface area contributed by atoms with Gasteiger partial charge >= 0.3 is 5.97 Å². The molecule has 0 atom stereocenters. The van der Waals surface area contributed by atoms with Crippen LogP contribution in [0.5, 0.6) is 0 Å². The summed E-state index contributed by atoms with van der Waals surface area (Å²) >= 11 is 0. The molecule has 0 N–H and O–H groups in total. The van der Waals surface area contributed by atoms with Crippen molar-refractivity contribution in [3.8, 4) is 16.9 Å². The fraction of sp³-hybridized carbons (Fsp3) is 0.414. The Hall–Kier alpha value is -4.01. The SMILES string of the molecule is CCOC(=O)c1cn(-c2ccc(-c3cc4ncccn4n3)cc2)nc1N(C(=O)[C@H]1CC[C@H](C)CC1)C(C)C. The number of hydrogen-bond acceptors (Lipinski definition) is 6. The van der Waals surface area contributed by atoms with E-state index in [0.29, 0.717) is 11.7 Å². The first kappa shape index (κ1) is 25.6. The van der Waals surface area contributed by atoms with E-state index in [0.717, 1.165) is 48.3 Å². The number of carbonyl (C=O) groups is 2. The first-order valence-corrected chi connectivity index (χ1v) is 13.4. The Morgan fingerprint density at radius 3 is 2.50 bits per heavy atom. The van der Waals surface area contributed by atoms with Gasteiger partial charge in [-0.15, -0.1) is 5.10 Å². The van der Waals surface area contributed by atoms with Crippen molar-refractivity contribution >= 4 is 23.3 Å². The van der Waals surface area contributed by atoms with Crippen molar-refractivity contribution in [2.24, 2.45) is 11.8 Å². The van der Waals surface area contributed by atoms with Crippen molar-refractivity contribution in [1.29, 1.82) is 0 Å². The molecular formula is C29H34N6O3. The van der Waals surface area contributed by atoms with Crippen LogP contribution in [0, 0.1) is 11.8 Å². The summed E-state index contributed by atoms with van der Waals surface area (Å²) in [5.41, 5.74) is 3.56. The largest absolute Gasteiger partial charge is 0.462 e. The van der Waals surface area contributed by atoms with E-state index < -0.39 is 5.97 Å². The van der Waals surface area contributed by atoms with Crippen molar-refractivity contribution in [3.05, 3.63) is 60.6 Å². The third kappa shape index (κ3) is 5.05. The van der Waals surface area contributed by atoms with E-state index in [4.69, 9.17) is 9.84 Å². The van der Waals surface area contributed by atoms with Gasteiger partial charge in [-0.1, -0.05) is 19.1 Å². The van der Waals surface area contributed by atoms with Crippen LogP contribution in [0.4, 0.5) is 5.82 Å². The van der Waals surface area contributed by atoms with Gasteiger partial charge in [0.25, 0.3) is 0 Å². The van der Waals surface area contributed by atoms with Crippen molar-refractivity contribution < 1.29 is 14.3 Å². The standard InChI is InChI=1S/C29H34N6O3/c1-5-38-29(37)24-18-34(32-27(24)35(19(2)3)28(36)22-9-7-20(4)8-10-22)23-13-11-21(12-14-23)25-17-26-30-15-6-16-33(26)31-25/h6,11-20,22H,5,7-10H2,1-4H3/t20-,22-. The lowest BCUT2D eigenvalue weighted by atomic mass is 9.82. The number of amides is 1. The topological polar surface area (TPSA) is 94.6 Å². The smallest absolute Gasteiger partial charge is 0.343 e. The van der Waals surface area contributed by atoms with Gasteiger partial charge in [-0.05, 0) is 70.6 Å². The molecule has 1 aromatic carbocycles. The highest BCUT2D eigenvalue weighted by molar-refractivity contribution is 6.02. The average Bonchev–Trinajstić information content (AvgIpc) is 3.54. The molecule has 5 rings (SSSR count). The van der Waals surface area contributed by atoms with Gasteiger partial charge in [-0.25, -0.2) is 19.0 Å². The van der Waals surface area contributed by atoms with Crippen LogP contribution in [0.3, 0.4) is 0 Å². The Balaban J connectivity index is 1.48. The lowest BCUT2D eigenvalue weighted by Crippen LogP contribution is -2.43. The molecule has 4 aromatic rings. The number of nitrogens with zero attached hydrogens (tertiary/aromatic N) is 6. The number of anilines is 1. The highest BCUT2D eigenvalue weighted by atomic mass is 16.5. The maximum atomic E-state index is 13.7. The number of ether oxygens (including phenoxy) is 1. The molecule has 3 heterocycles. The zero-order valence-corrected chi connectivity index (χ0v) is 22.4. The van der Waals surface area contributed by atoms with Crippen LogP contribution in [0.15, 0.2) is 55.0 Å². The molecule has 0 saturated heterocycles. The van der Waals surface area contributed by atoms with Gasteiger partial charge in [-0.3, -0.25) is 9.69 Å². The Kier molecular flexibility index (Phi) is 7.26. The second kappa shape index (κ2) is 10.8. The zero-order valence-electron chi connectivity index (χ0n) is 22.4. The van der Waals surface area contributed by atoms with E-state index in [1.807, 2.05) is 56.4 Å². The summed E-state index contributed by atoms with van der Waals surface area (Å²) < 4.78 is 8.72. The van der Waals surface area contributed by atoms with Gasteiger partial charge in [0.1, 0.15) is 5.56 Å². The van der Waals surface area contributed by atoms with Gasteiger partial charge in [0, 0.05) is 42.2 Å². The molecule has 38 heavy (non-hydrogen) atoms. The molecule has 1 aliphatic carbocycles. The summed E-state index contributed by atoms with van der Waals surface area (Å²) in [5.74, 6) is 0.461. The quantitative estimate of drug-likeness (QED) is 0.310. The van der Waals surface area contributed by atoms with Crippen LogP contribution >= 0.6 is 0 Å². The summed E-state index contributed by atoms with van der Waals surface area (Å²) in [6.45, 7) is 8.15. The van der Waals surface area contributed by atoms with Gasteiger partial charge in [0.15, 0.2) is 11.5 Å². The number of rotatable bonds is 7. The Morgan fingerprint density at radius 1 is 1.11 bits per heavy atom. The van der Waals surface area contributed by atoms with E-state index in [9.17, 15) is 9.59 Å². The van der Waals surface area contributed by atoms with Crippen molar-refractivity contribution in [3.63, 3.8) is 0 Å². The van der Waals surface area contributed by atoms with Crippen molar-refractivity contribution in [1.82, 2.24) is 24.4 Å². The number of benzene rings is 1. The lowest BCUT2D eigenvalue weighted by Gasteiger charge is -2.32. The number of hydrogen-bond donors (Lipinski definition) is 0.